The van der Waals surface area contributed by atoms with Gasteiger partial charge in [-0.3, -0.25) is 0 Å². The highest BCUT2D eigenvalue weighted by atomic mass is 35.5. The molecule has 0 bridgehead atoms. The number of aromatic nitrogens is 1. The van der Waals surface area contributed by atoms with Gasteiger partial charge < -0.3 is 4.57 Å². The highest BCUT2D eigenvalue weighted by Crippen LogP contribution is 2.48. The molecule has 0 atom stereocenters. The Labute approximate surface area is 184 Å². The first-order valence-corrected chi connectivity index (χ1v) is 11.5. The molecule has 2 aromatic rings. The molecular formula is C16H10Cl2F6N2S3. The summed E-state index contributed by atoms with van der Waals surface area (Å²) in [5, 5.41) is 8.69. The number of alkyl halides is 6. The number of hydrogen-bond acceptors (Lipinski definition) is 4. The molecule has 0 unspecified atom stereocenters. The highest BCUT2D eigenvalue weighted by Gasteiger charge is 2.36. The minimum atomic E-state index is -4.71. The molecule has 13 heteroatoms. The van der Waals surface area contributed by atoms with E-state index in [4.69, 9.17) is 23.2 Å². The van der Waals surface area contributed by atoms with Gasteiger partial charge in [-0.2, -0.15) is 31.6 Å². The minimum absolute atomic E-state index is 0.130. The number of nitriles is 1. The van der Waals surface area contributed by atoms with Gasteiger partial charge in [0.15, 0.2) is 0 Å². The second-order valence-electron chi connectivity index (χ2n) is 5.37. The lowest BCUT2D eigenvalue weighted by Gasteiger charge is -2.19. The number of thioether (sulfide) groups is 3. The summed E-state index contributed by atoms with van der Waals surface area (Å²) in [5.74, 6) is 0. The van der Waals surface area contributed by atoms with Gasteiger partial charge in [-0.1, -0.05) is 23.2 Å². The summed E-state index contributed by atoms with van der Waals surface area (Å²) in [7, 11) is 0. The van der Waals surface area contributed by atoms with E-state index in [1.807, 2.05) is 0 Å². The molecule has 1 aromatic carbocycles. The first kappa shape index (κ1) is 24.5. The van der Waals surface area contributed by atoms with Crippen LogP contribution in [0.1, 0.15) is 21.4 Å². The van der Waals surface area contributed by atoms with E-state index in [1.54, 1.807) is 18.6 Å². The number of halogens is 8. The quantitative estimate of drug-likeness (QED) is 0.231. The minimum Gasteiger partial charge on any atom is -0.314 e. The van der Waals surface area contributed by atoms with Crippen molar-refractivity contribution in [2.75, 3.05) is 12.5 Å². The fourth-order valence-electron chi connectivity index (χ4n) is 2.51. The lowest BCUT2D eigenvalue weighted by Crippen LogP contribution is -2.08. The van der Waals surface area contributed by atoms with Gasteiger partial charge >= 0.3 is 11.7 Å². The van der Waals surface area contributed by atoms with Crippen LogP contribution in [0.4, 0.5) is 26.3 Å². The van der Waals surface area contributed by atoms with Crippen molar-refractivity contribution in [3.8, 4) is 11.8 Å². The van der Waals surface area contributed by atoms with Crippen LogP contribution in [0.5, 0.6) is 0 Å². The van der Waals surface area contributed by atoms with Crippen LogP contribution >= 0.6 is 58.5 Å². The zero-order valence-corrected chi connectivity index (χ0v) is 18.4. The predicted octanol–water partition coefficient (Wildman–Crippen LogP) is 8.01. The predicted molar refractivity (Wildman–Crippen MR) is 107 cm³/mol. The molecule has 0 aliphatic rings. The van der Waals surface area contributed by atoms with Crippen LogP contribution < -0.4 is 0 Å². The summed E-state index contributed by atoms with van der Waals surface area (Å²) < 4.78 is 78.6. The van der Waals surface area contributed by atoms with E-state index in [2.05, 4.69) is 0 Å². The van der Waals surface area contributed by atoms with Crippen molar-refractivity contribution < 1.29 is 26.3 Å². The van der Waals surface area contributed by atoms with E-state index >= 15 is 0 Å². The largest absolute Gasteiger partial charge is 0.446 e. The Morgan fingerprint density at radius 3 is 1.93 bits per heavy atom. The normalized spacial score (nSPS) is 12.5. The van der Waals surface area contributed by atoms with E-state index in [9.17, 15) is 31.6 Å². The third-order valence-electron chi connectivity index (χ3n) is 3.58. The van der Waals surface area contributed by atoms with E-state index in [1.165, 1.54) is 23.5 Å². The maximum absolute atomic E-state index is 13.0. The Morgan fingerprint density at radius 1 is 1.03 bits per heavy atom. The molecule has 2 nitrogen and oxygen atoms in total. The van der Waals surface area contributed by atoms with Gasteiger partial charge in [0, 0.05) is 6.20 Å². The van der Waals surface area contributed by atoms with Crippen molar-refractivity contribution in [1.29, 1.82) is 5.26 Å². The van der Waals surface area contributed by atoms with Gasteiger partial charge in [0.2, 0.25) is 0 Å². The van der Waals surface area contributed by atoms with Gasteiger partial charge in [0.25, 0.3) is 0 Å². The van der Waals surface area contributed by atoms with E-state index < -0.39 is 48.5 Å². The zero-order valence-electron chi connectivity index (χ0n) is 14.5. The Balaban J connectivity index is 2.83. The van der Waals surface area contributed by atoms with E-state index in [-0.39, 0.29) is 16.9 Å². The van der Waals surface area contributed by atoms with Crippen LogP contribution in [0.15, 0.2) is 23.2 Å². The molecule has 1 heterocycles. The van der Waals surface area contributed by atoms with Crippen molar-refractivity contribution in [3.63, 3.8) is 0 Å². The molecule has 0 spiro atoms. The van der Waals surface area contributed by atoms with Crippen molar-refractivity contribution in [2.24, 2.45) is 0 Å². The third kappa shape index (κ3) is 5.47. The van der Waals surface area contributed by atoms with Crippen LogP contribution in [0.25, 0.3) is 5.69 Å². The molecule has 0 N–H and O–H groups in total. The molecule has 2 rings (SSSR count). The monoisotopic (exact) mass is 510 g/mol. The molecule has 0 amide bonds. The second kappa shape index (κ2) is 9.14. The average molecular weight is 511 g/mol. The summed E-state index contributed by atoms with van der Waals surface area (Å²) >= 11 is 14.1. The highest BCUT2D eigenvalue weighted by molar-refractivity contribution is 8.15. The summed E-state index contributed by atoms with van der Waals surface area (Å²) in [6, 6.07) is 3.05. The Bertz CT molecular complexity index is 923. The van der Waals surface area contributed by atoms with E-state index in [0.717, 1.165) is 10.8 Å². The SMILES string of the molecule is CSC(SC)c1c(C#N)c(SC(F)(F)F)cn1-c1c(Cl)cc(C(F)(F)F)cc1Cl. The summed E-state index contributed by atoms with van der Waals surface area (Å²) in [5.41, 5.74) is -5.98. The third-order valence-corrected chi connectivity index (χ3v) is 7.38. The maximum Gasteiger partial charge on any atom is 0.446 e. The van der Waals surface area contributed by atoms with Crippen molar-refractivity contribution >= 4 is 58.5 Å². The van der Waals surface area contributed by atoms with Crippen LogP contribution in [-0.4, -0.2) is 22.6 Å². The lowest BCUT2D eigenvalue weighted by molar-refractivity contribution is -0.137. The Kier molecular flexibility index (Phi) is 7.71. The van der Waals surface area contributed by atoms with Crippen molar-refractivity contribution in [1.82, 2.24) is 4.57 Å². The first-order valence-electron chi connectivity index (χ1n) is 7.37. The van der Waals surface area contributed by atoms with Gasteiger partial charge in [-0.05, 0) is 36.4 Å². The van der Waals surface area contributed by atoms with Gasteiger partial charge in [0.05, 0.1) is 42.0 Å². The second-order valence-corrected chi connectivity index (χ2v) is 9.48. The maximum atomic E-state index is 13.0. The van der Waals surface area contributed by atoms with Crippen LogP contribution in [-0.2, 0) is 6.18 Å². The van der Waals surface area contributed by atoms with E-state index in [0.29, 0.717) is 12.1 Å². The molecule has 158 valence electrons. The topological polar surface area (TPSA) is 28.7 Å². The summed E-state index contributed by atoms with van der Waals surface area (Å²) in [4.78, 5) is -0.393. The van der Waals surface area contributed by atoms with Gasteiger partial charge in [-0.25, -0.2) is 0 Å². The van der Waals surface area contributed by atoms with Gasteiger partial charge in [0.1, 0.15) is 6.07 Å². The molecule has 0 aliphatic carbocycles. The zero-order chi connectivity index (χ0) is 22.1. The van der Waals surface area contributed by atoms with Crippen LogP contribution in [0.2, 0.25) is 10.0 Å². The fraction of sp³-hybridized carbons (Fsp3) is 0.312. The van der Waals surface area contributed by atoms with Gasteiger partial charge in [-0.15, -0.1) is 23.5 Å². The number of nitrogens with zero attached hydrogens (tertiary/aromatic N) is 2. The molecule has 0 radical (unpaired) electrons. The van der Waals surface area contributed by atoms with Crippen LogP contribution in [0, 0.1) is 11.3 Å². The van der Waals surface area contributed by atoms with Crippen LogP contribution in [0.3, 0.4) is 0 Å². The fourth-order valence-corrected chi connectivity index (χ4v) is 5.52. The molecular weight excluding hydrogens is 501 g/mol. The number of rotatable bonds is 5. The molecule has 0 saturated carbocycles. The molecule has 29 heavy (non-hydrogen) atoms. The standard InChI is InChI=1S/C16H10Cl2F6N2S3/c1-27-14(28-2)12-8(5-25)11(29-16(22,23)24)6-26(12)13-9(17)3-7(4-10(13)18)15(19,20)21/h3-4,6,14H,1-2H3. The molecule has 1 aromatic heterocycles. The smallest absolute Gasteiger partial charge is 0.314 e. The number of hydrogen-bond donors (Lipinski definition) is 0. The molecule has 0 aliphatic heterocycles. The van der Waals surface area contributed by atoms with Crippen molar-refractivity contribution in [2.45, 2.75) is 21.2 Å². The molecule has 0 saturated heterocycles. The average Bonchev–Trinajstić information content (AvgIpc) is 2.90. The molecule has 0 fully saturated rings. The summed E-state index contributed by atoms with van der Waals surface area (Å²) in [6.45, 7) is 0. The first-order chi connectivity index (χ1) is 13.3. The Hall–Kier alpha value is -0.800. The lowest BCUT2D eigenvalue weighted by atomic mass is 10.2. The van der Waals surface area contributed by atoms with Crippen molar-refractivity contribution in [3.05, 3.63) is 45.2 Å². The number of benzene rings is 1. The Morgan fingerprint density at radius 2 is 1.55 bits per heavy atom. The summed E-state index contributed by atoms with van der Waals surface area (Å²) in [6.07, 6.45) is -0.314.